The Hall–Kier alpha value is -3.47. The van der Waals surface area contributed by atoms with Gasteiger partial charge < -0.3 is 20.7 Å². The number of aromatic amines is 1. The van der Waals surface area contributed by atoms with E-state index in [0.29, 0.717) is 28.1 Å². The molecular formula is C28H35F3N6O2. The second-order valence-electron chi connectivity index (χ2n) is 10.4. The zero-order valence-electron chi connectivity index (χ0n) is 22.3. The number of hydrogen-bond donors (Lipinski definition) is 3. The van der Waals surface area contributed by atoms with Gasteiger partial charge in [0.15, 0.2) is 11.9 Å². The molecule has 1 saturated carbocycles. The first-order chi connectivity index (χ1) is 18.7. The molecule has 39 heavy (non-hydrogen) atoms. The number of piperazine rings is 1. The summed E-state index contributed by atoms with van der Waals surface area (Å²) in [6, 6.07) is 9.46. The molecule has 1 saturated heterocycles. The van der Waals surface area contributed by atoms with Crippen LogP contribution in [0.4, 0.5) is 24.7 Å². The Morgan fingerprint density at radius 1 is 1.10 bits per heavy atom. The molecule has 1 aromatic heterocycles. The highest BCUT2D eigenvalue weighted by atomic mass is 19.4. The third-order valence-corrected chi connectivity index (χ3v) is 7.97. The quantitative estimate of drug-likeness (QED) is 0.406. The van der Waals surface area contributed by atoms with Gasteiger partial charge >= 0.3 is 6.18 Å². The maximum Gasteiger partial charge on any atom is 0.425 e. The van der Waals surface area contributed by atoms with Crippen molar-refractivity contribution in [2.24, 2.45) is 0 Å². The van der Waals surface area contributed by atoms with Crippen molar-refractivity contribution in [1.29, 1.82) is 0 Å². The SMILES string of the molecule is CNC(=O)c1ccc(-c2cc(O[C@@H](C)C(F)(F)F)c3c(N)n[nH]c3c2)cc1N1CCN(C2CCCCC2)CC1. The van der Waals surface area contributed by atoms with E-state index >= 15 is 0 Å². The summed E-state index contributed by atoms with van der Waals surface area (Å²) < 4.78 is 45.3. The Morgan fingerprint density at radius 3 is 2.49 bits per heavy atom. The number of rotatable bonds is 6. The second-order valence-corrected chi connectivity index (χ2v) is 10.4. The number of aromatic nitrogens is 2. The van der Waals surface area contributed by atoms with Gasteiger partial charge in [-0.05, 0) is 55.2 Å². The number of carbonyl (C=O) groups excluding carboxylic acids is 1. The number of alkyl halides is 3. The number of nitrogen functional groups attached to an aromatic ring is 1. The standard InChI is InChI=1S/C28H35F3N6O2/c1-17(28(29,30)31)39-24-16-19(14-22-25(24)26(32)35-34-22)18-8-9-21(27(38)33-2)23(15-18)37-12-10-36(11-13-37)20-6-4-3-5-7-20/h8-9,14-17,20H,3-7,10-13H2,1-2H3,(H,33,38)(H3,32,34,35)/t17-/m0/s1. The lowest BCUT2D eigenvalue weighted by molar-refractivity contribution is -0.188. The number of amides is 1. The number of nitrogens with zero attached hydrogens (tertiary/aromatic N) is 3. The van der Waals surface area contributed by atoms with Crippen molar-refractivity contribution in [3.8, 4) is 16.9 Å². The minimum atomic E-state index is -4.54. The van der Waals surface area contributed by atoms with Crippen molar-refractivity contribution in [1.82, 2.24) is 20.4 Å². The van der Waals surface area contributed by atoms with Gasteiger partial charge in [0.1, 0.15) is 5.75 Å². The van der Waals surface area contributed by atoms with Crippen LogP contribution in [0.2, 0.25) is 0 Å². The number of fused-ring (bicyclic) bond motifs is 1. The molecule has 2 aromatic carbocycles. The molecule has 4 N–H and O–H groups in total. The van der Waals surface area contributed by atoms with Crippen molar-refractivity contribution in [2.75, 3.05) is 43.9 Å². The van der Waals surface area contributed by atoms with Gasteiger partial charge in [0.05, 0.1) is 22.2 Å². The number of hydrogen-bond acceptors (Lipinski definition) is 6. The Balaban J connectivity index is 1.48. The van der Waals surface area contributed by atoms with E-state index in [9.17, 15) is 18.0 Å². The lowest BCUT2D eigenvalue weighted by atomic mass is 9.93. The molecule has 8 nitrogen and oxygen atoms in total. The van der Waals surface area contributed by atoms with Crippen LogP contribution in [-0.2, 0) is 0 Å². The van der Waals surface area contributed by atoms with Crippen LogP contribution in [0.5, 0.6) is 5.75 Å². The molecule has 1 amide bonds. The number of anilines is 2. The zero-order chi connectivity index (χ0) is 27.7. The van der Waals surface area contributed by atoms with Crippen molar-refractivity contribution < 1.29 is 22.7 Å². The molecule has 2 heterocycles. The molecule has 5 rings (SSSR count). The van der Waals surface area contributed by atoms with E-state index in [0.717, 1.165) is 44.4 Å². The van der Waals surface area contributed by atoms with Gasteiger partial charge in [0, 0.05) is 39.3 Å². The van der Waals surface area contributed by atoms with Gasteiger partial charge in [0.2, 0.25) is 0 Å². The molecule has 0 bridgehead atoms. The second kappa shape index (κ2) is 11.0. The summed E-state index contributed by atoms with van der Waals surface area (Å²) in [5.74, 6) is -0.130. The molecule has 3 aromatic rings. The number of benzene rings is 2. The van der Waals surface area contributed by atoms with Crippen LogP contribution in [0.15, 0.2) is 30.3 Å². The fourth-order valence-corrected chi connectivity index (χ4v) is 5.73. The maximum atomic E-state index is 13.3. The average molecular weight is 545 g/mol. The van der Waals surface area contributed by atoms with E-state index < -0.39 is 12.3 Å². The molecular weight excluding hydrogens is 509 g/mol. The molecule has 11 heteroatoms. The third-order valence-electron chi connectivity index (χ3n) is 7.97. The summed E-state index contributed by atoms with van der Waals surface area (Å²) in [5.41, 5.74) is 9.13. The Morgan fingerprint density at radius 2 is 1.82 bits per heavy atom. The summed E-state index contributed by atoms with van der Waals surface area (Å²) in [4.78, 5) is 17.6. The van der Waals surface area contributed by atoms with E-state index in [1.807, 2.05) is 6.07 Å². The fraction of sp³-hybridized carbons (Fsp3) is 0.500. The fourth-order valence-electron chi connectivity index (χ4n) is 5.73. The first kappa shape index (κ1) is 27.1. The Labute approximate surface area is 225 Å². The molecule has 210 valence electrons. The van der Waals surface area contributed by atoms with Gasteiger partial charge in [0.25, 0.3) is 5.91 Å². The number of halogens is 3. The van der Waals surface area contributed by atoms with Gasteiger partial charge in [-0.3, -0.25) is 14.8 Å². The predicted octanol–water partition coefficient (Wildman–Crippen LogP) is 4.96. The monoisotopic (exact) mass is 544 g/mol. The van der Waals surface area contributed by atoms with E-state index in [2.05, 4.69) is 25.3 Å². The van der Waals surface area contributed by atoms with E-state index in [1.165, 1.54) is 32.1 Å². The lowest BCUT2D eigenvalue weighted by Gasteiger charge is -2.42. The highest BCUT2D eigenvalue weighted by molar-refractivity contribution is 6.01. The maximum absolute atomic E-state index is 13.3. The summed E-state index contributed by atoms with van der Waals surface area (Å²) in [7, 11) is 1.60. The molecule has 0 radical (unpaired) electrons. The van der Waals surface area contributed by atoms with Crippen LogP contribution in [0.25, 0.3) is 22.0 Å². The normalized spacial score (nSPS) is 18.3. The highest BCUT2D eigenvalue weighted by Gasteiger charge is 2.38. The summed E-state index contributed by atoms with van der Waals surface area (Å²) in [5, 5.41) is 9.78. The van der Waals surface area contributed by atoms with Gasteiger partial charge in [-0.15, -0.1) is 0 Å². The van der Waals surface area contributed by atoms with E-state index in [4.69, 9.17) is 10.5 Å². The first-order valence-electron chi connectivity index (χ1n) is 13.5. The van der Waals surface area contributed by atoms with E-state index in [-0.39, 0.29) is 17.5 Å². The molecule has 2 fully saturated rings. The van der Waals surface area contributed by atoms with Crippen molar-refractivity contribution in [3.05, 3.63) is 35.9 Å². The van der Waals surface area contributed by atoms with Crippen molar-refractivity contribution >= 4 is 28.3 Å². The Kier molecular flexibility index (Phi) is 7.61. The summed E-state index contributed by atoms with van der Waals surface area (Å²) >= 11 is 0. The largest absolute Gasteiger partial charge is 0.480 e. The highest BCUT2D eigenvalue weighted by Crippen LogP contribution is 2.38. The molecule has 0 spiro atoms. The van der Waals surface area contributed by atoms with Crippen LogP contribution in [0.1, 0.15) is 49.4 Å². The summed E-state index contributed by atoms with van der Waals surface area (Å²) in [6.45, 7) is 4.39. The van der Waals surface area contributed by atoms with Crippen LogP contribution in [-0.4, -0.2) is 72.6 Å². The zero-order valence-corrected chi connectivity index (χ0v) is 22.3. The van der Waals surface area contributed by atoms with Crippen molar-refractivity contribution in [2.45, 2.75) is 57.3 Å². The Bertz CT molecular complexity index is 1330. The van der Waals surface area contributed by atoms with Crippen molar-refractivity contribution in [3.63, 3.8) is 0 Å². The first-order valence-corrected chi connectivity index (χ1v) is 13.5. The lowest BCUT2D eigenvalue weighted by Crippen LogP contribution is -2.51. The van der Waals surface area contributed by atoms with Gasteiger partial charge in [-0.2, -0.15) is 18.3 Å². The van der Waals surface area contributed by atoms with Crippen LogP contribution in [0, 0.1) is 0 Å². The molecule has 2 aliphatic rings. The number of carbonyl (C=O) groups is 1. The minimum absolute atomic E-state index is 0.00315. The third kappa shape index (κ3) is 5.63. The van der Waals surface area contributed by atoms with Gasteiger partial charge in [-0.1, -0.05) is 25.3 Å². The topological polar surface area (TPSA) is 99.5 Å². The summed E-state index contributed by atoms with van der Waals surface area (Å²) in [6.07, 6.45) is -0.188. The molecule has 0 unspecified atom stereocenters. The van der Waals surface area contributed by atoms with Crippen LogP contribution >= 0.6 is 0 Å². The van der Waals surface area contributed by atoms with Crippen LogP contribution < -0.4 is 20.7 Å². The number of H-pyrrole nitrogens is 1. The predicted molar refractivity (Wildman–Crippen MR) is 146 cm³/mol. The number of ether oxygens (including phenoxy) is 1. The molecule has 1 aliphatic carbocycles. The smallest absolute Gasteiger partial charge is 0.425 e. The van der Waals surface area contributed by atoms with Gasteiger partial charge in [-0.25, -0.2) is 0 Å². The number of nitrogens with two attached hydrogens (primary N) is 1. The number of nitrogens with one attached hydrogen (secondary N) is 2. The molecule has 1 atom stereocenters. The average Bonchev–Trinajstić information content (AvgIpc) is 3.33. The van der Waals surface area contributed by atoms with Crippen LogP contribution in [0.3, 0.4) is 0 Å². The van der Waals surface area contributed by atoms with E-state index in [1.54, 1.807) is 31.3 Å². The minimum Gasteiger partial charge on any atom is -0.480 e. The molecule has 1 aliphatic heterocycles.